The van der Waals surface area contributed by atoms with Crippen LogP contribution in [0, 0.1) is 0 Å². The van der Waals surface area contributed by atoms with Crippen molar-refractivity contribution in [1.29, 1.82) is 0 Å². The predicted molar refractivity (Wildman–Crippen MR) is 105 cm³/mol. The van der Waals surface area contributed by atoms with E-state index >= 15 is 0 Å². The lowest BCUT2D eigenvalue weighted by molar-refractivity contribution is -0.315. The molecule has 0 saturated heterocycles. The smallest absolute Gasteiger partial charge is 0.217 e. The summed E-state index contributed by atoms with van der Waals surface area (Å²) in [5, 5.41) is 19.0. The Hall–Kier alpha value is -1.31. The average molecular weight is 436 g/mol. The fraction of sp³-hybridized carbons (Fsp3) is 0.875. The number of quaternary nitrogens is 3. The van der Waals surface area contributed by atoms with Crippen molar-refractivity contribution in [2.45, 2.75) is 84.0 Å². The fourth-order valence-corrected chi connectivity index (χ4v) is 2.28. The van der Waals surface area contributed by atoms with Crippen molar-refractivity contribution in [3.05, 3.63) is 0 Å². The Morgan fingerprint density at radius 3 is 1.32 bits per heavy atom. The summed E-state index contributed by atoms with van der Waals surface area (Å²) < 4.78 is 34.5. The van der Waals surface area contributed by atoms with Crippen LogP contribution in [-0.4, -0.2) is 31.5 Å². The molecule has 28 heavy (non-hydrogen) atoms. The van der Waals surface area contributed by atoms with E-state index in [-0.39, 0.29) is 25.1 Å². The quantitative estimate of drug-likeness (QED) is 0.193. The van der Waals surface area contributed by atoms with E-state index < -0.39 is 35.2 Å². The Balaban J connectivity index is -0.000000138. The molecule has 0 aromatic heterocycles. The van der Waals surface area contributed by atoms with Gasteiger partial charge in [0, 0.05) is 11.9 Å². The second-order valence-electron chi connectivity index (χ2n) is 5.66. The van der Waals surface area contributed by atoms with Crippen molar-refractivity contribution in [2.75, 3.05) is 6.61 Å². The maximum Gasteiger partial charge on any atom is 0.217 e. The van der Waals surface area contributed by atoms with E-state index in [9.17, 15) is 32.8 Å². The predicted octanol–water partition coefficient (Wildman–Crippen LogP) is 1.78. The molecule has 0 aromatic rings. The Kier molecular flexibility index (Phi) is 34.4. The molecule has 0 aliphatic carbocycles. The summed E-state index contributed by atoms with van der Waals surface area (Å²) in [6.07, 6.45) is 10.8. The second kappa shape index (κ2) is 25.7. The number of carboxylic acids is 2. The molecule has 0 heterocycles. The first-order valence-electron chi connectivity index (χ1n) is 8.69. The highest BCUT2D eigenvalue weighted by Crippen LogP contribution is 2.10. The maximum atomic E-state index is 10.1. The normalized spacial score (nSPS) is 9.64. The zero-order chi connectivity index (χ0) is 19.6. The van der Waals surface area contributed by atoms with E-state index in [4.69, 9.17) is 0 Å². The van der Waals surface area contributed by atoms with E-state index in [2.05, 4.69) is 11.1 Å². The lowest BCUT2D eigenvalue weighted by Gasteiger charge is -2.06. The fourth-order valence-electron chi connectivity index (χ4n) is 1.95. The van der Waals surface area contributed by atoms with Crippen molar-refractivity contribution >= 4 is 22.3 Å². The second-order valence-corrected chi connectivity index (χ2v) is 6.71. The van der Waals surface area contributed by atoms with Crippen LogP contribution in [0.25, 0.3) is 0 Å². The number of unbranched alkanes of at least 4 members (excludes halogenated alkanes) is 9. The molecule has 0 aliphatic rings. The average Bonchev–Trinajstić information content (AvgIpc) is 2.50. The van der Waals surface area contributed by atoms with Gasteiger partial charge in [0.05, 0.1) is 6.61 Å². The molecule has 0 aliphatic heterocycles. The molecule has 11 nitrogen and oxygen atoms in total. The molecule has 0 unspecified atom stereocenters. The summed E-state index contributed by atoms with van der Waals surface area (Å²) in [5.41, 5.74) is 0. The zero-order valence-corrected chi connectivity index (χ0v) is 18.7. The lowest BCUT2D eigenvalue weighted by atomic mass is 10.1. The number of carbonyl (C=O) groups excluding carboxylic acids is 2. The number of hydrogen-bond acceptors (Lipinski definition) is 8. The summed E-state index contributed by atoms with van der Waals surface area (Å²) >= 11 is 0. The standard InChI is InChI=1S/C12H26O4S.C4H6O4.3H3N/c1-2-3-4-5-6-7-8-9-10-11-12-16-17(13,14)15;5-3(6)1-2-4(7)8;;;/h2-12H2,1H3,(H,13,14,15);1-2H2,(H,5,6)(H,7,8);3*1H3. The van der Waals surface area contributed by atoms with Crippen LogP contribution >= 0.6 is 0 Å². The van der Waals surface area contributed by atoms with Crippen LogP contribution in [0.3, 0.4) is 0 Å². The molecular formula is C16H41N3O8S. The first-order valence-corrected chi connectivity index (χ1v) is 10.0. The summed E-state index contributed by atoms with van der Waals surface area (Å²) in [6, 6.07) is 0. The van der Waals surface area contributed by atoms with Crippen molar-refractivity contribution in [3.63, 3.8) is 0 Å². The van der Waals surface area contributed by atoms with Gasteiger partial charge < -0.3 is 42.8 Å². The first kappa shape index (κ1) is 37.4. The minimum Gasteiger partial charge on any atom is -0.726 e. The third-order valence-electron chi connectivity index (χ3n) is 3.26. The van der Waals surface area contributed by atoms with Crippen molar-refractivity contribution in [3.8, 4) is 0 Å². The molecule has 12 heteroatoms. The molecule has 174 valence electrons. The first-order chi connectivity index (χ1) is 11.7. The monoisotopic (exact) mass is 435 g/mol. The SMILES string of the molecule is CCCCCCCCCCCCOS(=O)(=O)[O-].O=C([O-])CCC(=O)[O-].[NH4+].[NH4+].[NH4+]. The van der Waals surface area contributed by atoms with Gasteiger partial charge in [0.1, 0.15) is 0 Å². The third-order valence-corrected chi connectivity index (χ3v) is 3.71. The Morgan fingerprint density at radius 2 is 1.04 bits per heavy atom. The number of hydrogen-bond donors (Lipinski definition) is 3. The highest BCUT2D eigenvalue weighted by atomic mass is 32.3. The van der Waals surface area contributed by atoms with Crippen LogP contribution in [0.4, 0.5) is 0 Å². The Morgan fingerprint density at radius 1 is 0.714 bits per heavy atom. The summed E-state index contributed by atoms with van der Waals surface area (Å²) in [5.74, 6) is -2.73. The number of carbonyl (C=O) groups is 2. The molecule has 0 radical (unpaired) electrons. The Bertz CT molecular complexity index is 433. The summed E-state index contributed by atoms with van der Waals surface area (Å²) in [4.78, 5) is 19.0. The molecule has 12 N–H and O–H groups in total. The molecular weight excluding hydrogens is 394 g/mol. The lowest BCUT2D eigenvalue weighted by Crippen LogP contribution is -2.27. The van der Waals surface area contributed by atoms with E-state index in [1.54, 1.807) is 0 Å². The largest absolute Gasteiger partial charge is 0.726 e. The van der Waals surface area contributed by atoms with Crippen molar-refractivity contribution in [2.24, 2.45) is 0 Å². The van der Waals surface area contributed by atoms with Crippen molar-refractivity contribution in [1.82, 2.24) is 18.5 Å². The highest BCUT2D eigenvalue weighted by molar-refractivity contribution is 7.80. The van der Waals surface area contributed by atoms with Gasteiger partial charge in [0.2, 0.25) is 10.4 Å². The summed E-state index contributed by atoms with van der Waals surface area (Å²) in [6.45, 7) is 2.24. The van der Waals surface area contributed by atoms with Gasteiger partial charge >= 0.3 is 0 Å². The number of carboxylic acid groups (broad SMARTS) is 2. The van der Waals surface area contributed by atoms with E-state index in [0.29, 0.717) is 6.42 Å². The van der Waals surface area contributed by atoms with Crippen LogP contribution in [0.2, 0.25) is 0 Å². The van der Waals surface area contributed by atoms with Gasteiger partial charge in [-0.1, -0.05) is 64.7 Å². The third kappa shape index (κ3) is 44.3. The Labute approximate surface area is 168 Å². The van der Waals surface area contributed by atoms with Gasteiger partial charge in [0.15, 0.2) is 0 Å². The maximum absolute atomic E-state index is 10.1. The van der Waals surface area contributed by atoms with Gasteiger partial charge in [-0.05, 0) is 19.3 Å². The number of aliphatic carboxylic acids is 2. The number of rotatable bonds is 15. The highest BCUT2D eigenvalue weighted by Gasteiger charge is 1.95. The molecule has 0 amide bonds. The minimum atomic E-state index is -4.48. The van der Waals surface area contributed by atoms with Gasteiger partial charge in [-0.15, -0.1) is 0 Å². The molecule has 0 saturated carbocycles. The van der Waals surface area contributed by atoms with Gasteiger partial charge in [-0.2, -0.15) is 0 Å². The molecule has 0 rings (SSSR count). The molecule has 0 atom stereocenters. The van der Waals surface area contributed by atoms with E-state index in [1.165, 1.54) is 44.9 Å². The van der Waals surface area contributed by atoms with Gasteiger partial charge in [-0.3, -0.25) is 4.18 Å². The molecule has 0 bridgehead atoms. The van der Waals surface area contributed by atoms with Crippen LogP contribution in [0.15, 0.2) is 0 Å². The van der Waals surface area contributed by atoms with E-state index in [0.717, 1.165) is 12.8 Å². The van der Waals surface area contributed by atoms with Gasteiger partial charge in [-0.25, -0.2) is 8.42 Å². The molecule has 0 aromatic carbocycles. The van der Waals surface area contributed by atoms with Gasteiger partial charge in [0.25, 0.3) is 0 Å². The van der Waals surface area contributed by atoms with Crippen LogP contribution in [0.1, 0.15) is 84.0 Å². The van der Waals surface area contributed by atoms with Crippen LogP contribution in [0.5, 0.6) is 0 Å². The van der Waals surface area contributed by atoms with E-state index in [1.807, 2.05) is 0 Å². The molecule has 0 fully saturated rings. The molecule has 0 spiro atoms. The summed E-state index contributed by atoms with van der Waals surface area (Å²) in [7, 11) is -4.48. The van der Waals surface area contributed by atoms with Crippen LogP contribution in [-0.2, 0) is 24.2 Å². The van der Waals surface area contributed by atoms with Crippen LogP contribution < -0.4 is 28.7 Å². The topological polar surface area (TPSA) is 256 Å². The minimum absolute atomic E-state index is 0. The van der Waals surface area contributed by atoms with Crippen molar-refractivity contribution < 1.29 is 37.0 Å². The zero-order valence-electron chi connectivity index (χ0n) is 17.9.